The number of amides is 2. The van der Waals surface area contributed by atoms with Crippen LogP contribution in [0.5, 0.6) is 0 Å². The zero-order valence-electron chi connectivity index (χ0n) is 14.1. The van der Waals surface area contributed by atoms with Crippen LogP contribution in [0.15, 0.2) is 42.7 Å². The lowest BCUT2D eigenvalue weighted by Crippen LogP contribution is -2.47. The topological polar surface area (TPSA) is 111 Å². The molecule has 2 N–H and O–H groups in total. The van der Waals surface area contributed by atoms with Crippen LogP contribution < -0.4 is 15.8 Å². The minimum Gasteiger partial charge on any atom is -0.357 e. The highest BCUT2D eigenvalue weighted by Crippen LogP contribution is 2.21. The van der Waals surface area contributed by atoms with Crippen molar-refractivity contribution in [2.45, 2.75) is 12.8 Å². The van der Waals surface area contributed by atoms with E-state index in [0.29, 0.717) is 31.5 Å². The second-order valence-electron chi connectivity index (χ2n) is 5.94. The molecular weight excluding hydrogens is 332 g/mol. The molecule has 3 rings (SSSR count). The number of hydrazine groups is 1. The molecule has 2 aromatic rings. The first-order chi connectivity index (χ1) is 12.7. The molecule has 0 aromatic carbocycles. The van der Waals surface area contributed by atoms with E-state index in [1.165, 1.54) is 6.20 Å². The lowest BCUT2D eigenvalue weighted by Gasteiger charge is -2.32. The van der Waals surface area contributed by atoms with E-state index in [1.807, 2.05) is 12.1 Å². The molecule has 0 atom stereocenters. The van der Waals surface area contributed by atoms with Crippen LogP contribution in [-0.2, 0) is 4.79 Å². The van der Waals surface area contributed by atoms with Gasteiger partial charge in [0.05, 0.1) is 5.56 Å². The highest BCUT2D eigenvalue weighted by Gasteiger charge is 2.26. The van der Waals surface area contributed by atoms with E-state index in [0.717, 1.165) is 5.82 Å². The van der Waals surface area contributed by atoms with Crippen molar-refractivity contribution in [2.75, 3.05) is 18.0 Å². The molecule has 0 unspecified atom stereocenters. The number of anilines is 1. The first kappa shape index (κ1) is 17.4. The van der Waals surface area contributed by atoms with Crippen molar-refractivity contribution in [1.29, 1.82) is 5.26 Å². The quantitative estimate of drug-likeness (QED) is 0.800. The molecule has 0 aliphatic carbocycles. The predicted octanol–water partition coefficient (Wildman–Crippen LogP) is 1.03. The maximum atomic E-state index is 12.2. The molecule has 2 aromatic heterocycles. The Morgan fingerprint density at radius 1 is 1.12 bits per heavy atom. The van der Waals surface area contributed by atoms with Crippen LogP contribution in [0, 0.1) is 17.2 Å². The monoisotopic (exact) mass is 350 g/mol. The summed E-state index contributed by atoms with van der Waals surface area (Å²) >= 11 is 0. The van der Waals surface area contributed by atoms with E-state index >= 15 is 0 Å². The summed E-state index contributed by atoms with van der Waals surface area (Å²) < 4.78 is 0. The number of piperidine rings is 1. The van der Waals surface area contributed by atoms with Crippen molar-refractivity contribution in [2.24, 2.45) is 5.92 Å². The molecule has 2 amide bonds. The van der Waals surface area contributed by atoms with Gasteiger partial charge in [-0.15, -0.1) is 0 Å². The van der Waals surface area contributed by atoms with Gasteiger partial charge in [0.25, 0.3) is 5.91 Å². The summed E-state index contributed by atoms with van der Waals surface area (Å²) in [6, 6.07) is 10.6. The summed E-state index contributed by atoms with van der Waals surface area (Å²) in [4.78, 5) is 34.4. The smallest absolute Gasteiger partial charge is 0.288 e. The summed E-state index contributed by atoms with van der Waals surface area (Å²) in [5.74, 6) is -0.0279. The molecule has 1 fully saturated rings. The van der Waals surface area contributed by atoms with Gasteiger partial charge in [-0.3, -0.25) is 25.4 Å². The van der Waals surface area contributed by atoms with Gasteiger partial charge in [-0.25, -0.2) is 4.98 Å². The van der Waals surface area contributed by atoms with Crippen LogP contribution in [-0.4, -0.2) is 34.9 Å². The van der Waals surface area contributed by atoms with Crippen LogP contribution >= 0.6 is 0 Å². The number of hydrogen-bond acceptors (Lipinski definition) is 6. The summed E-state index contributed by atoms with van der Waals surface area (Å²) in [6.07, 6.45) is 4.38. The van der Waals surface area contributed by atoms with Crippen molar-refractivity contribution in [1.82, 2.24) is 20.8 Å². The lowest BCUT2D eigenvalue weighted by molar-refractivity contribution is -0.126. The van der Waals surface area contributed by atoms with Gasteiger partial charge in [0.15, 0.2) is 0 Å². The Kier molecular flexibility index (Phi) is 5.39. The van der Waals surface area contributed by atoms with Crippen LogP contribution in [0.1, 0.15) is 28.9 Å². The predicted molar refractivity (Wildman–Crippen MR) is 93.7 cm³/mol. The molecule has 26 heavy (non-hydrogen) atoms. The Morgan fingerprint density at radius 2 is 1.92 bits per heavy atom. The molecule has 132 valence electrons. The Morgan fingerprint density at radius 3 is 2.54 bits per heavy atom. The third kappa shape index (κ3) is 4.13. The van der Waals surface area contributed by atoms with Gasteiger partial charge in [-0.2, -0.15) is 5.26 Å². The van der Waals surface area contributed by atoms with Crippen molar-refractivity contribution >= 4 is 17.6 Å². The summed E-state index contributed by atoms with van der Waals surface area (Å²) in [7, 11) is 0. The third-order valence-corrected chi connectivity index (χ3v) is 4.26. The number of aromatic nitrogens is 2. The third-order valence-electron chi connectivity index (χ3n) is 4.26. The zero-order chi connectivity index (χ0) is 18.4. The van der Waals surface area contributed by atoms with Crippen molar-refractivity contribution in [3.05, 3.63) is 54.0 Å². The van der Waals surface area contributed by atoms with Crippen molar-refractivity contribution < 1.29 is 9.59 Å². The maximum absolute atomic E-state index is 12.2. The van der Waals surface area contributed by atoms with Gasteiger partial charge in [0, 0.05) is 31.4 Å². The Hall–Kier alpha value is -3.47. The van der Waals surface area contributed by atoms with Gasteiger partial charge in [0.1, 0.15) is 17.6 Å². The average molecular weight is 350 g/mol. The molecular formula is C18H18N6O2. The van der Waals surface area contributed by atoms with Gasteiger partial charge in [-0.1, -0.05) is 6.07 Å². The molecule has 0 spiro atoms. The molecule has 0 bridgehead atoms. The van der Waals surface area contributed by atoms with Crippen molar-refractivity contribution in [3.8, 4) is 6.07 Å². The van der Waals surface area contributed by atoms with Crippen LogP contribution in [0.25, 0.3) is 0 Å². The number of nitriles is 1. The van der Waals surface area contributed by atoms with Gasteiger partial charge in [0.2, 0.25) is 5.91 Å². The van der Waals surface area contributed by atoms with Crippen LogP contribution in [0.4, 0.5) is 5.82 Å². The molecule has 1 aliphatic heterocycles. The highest BCUT2D eigenvalue weighted by atomic mass is 16.2. The normalized spacial score (nSPS) is 14.3. The maximum Gasteiger partial charge on any atom is 0.288 e. The molecule has 1 saturated heterocycles. The van der Waals surface area contributed by atoms with Crippen molar-refractivity contribution in [3.63, 3.8) is 0 Å². The standard InChI is InChI=1S/C18H18N6O2/c19-11-13-4-5-16(21-12-13)24-9-6-14(7-10-24)17(25)22-23-18(26)15-3-1-2-8-20-15/h1-5,8,12,14H,6-7,9-10H2,(H,22,25)(H,23,26). The minimum absolute atomic E-state index is 0.173. The molecule has 8 heteroatoms. The largest absolute Gasteiger partial charge is 0.357 e. The van der Waals surface area contributed by atoms with E-state index in [2.05, 4.69) is 25.7 Å². The van der Waals surface area contributed by atoms with E-state index in [4.69, 9.17) is 5.26 Å². The Balaban J connectivity index is 1.47. The summed E-state index contributed by atoms with van der Waals surface area (Å²) in [5.41, 5.74) is 5.63. The number of carbonyl (C=O) groups excluding carboxylic acids is 2. The fourth-order valence-corrected chi connectivity index (χ4v) is 2.79. The Labute approximate surface area is 150 Å². The van der Waals surface area contributed by atoms with E-state index < -0.39 is 5.91 Å². The number of pyridine rings is 2. The first-order valence-electron chi connectivity index (χ1n) is 8.29. The molecule has 3 heterocycles. The fraction of sp³-hybridized carbons (Fsp3) is 0.278. The summed E-state index contributed by atoms with van der Waals surface area (Å²) in [5, 5.41) is 8.82. The van der Waals surface area contributed by atoms with Crippen LogP contribution in [0.2, 0.25) is 0 Å². The van der Waals surface area contributed by atoms with Crippen LogP contribution in [0.3, 0.4) is 0 Å². The second-order valence-corrected chi connectivity index (χ2v) is 5.94. The lowest BCUT2D eigenvalue weighted by atomic mass is 9.96. The van der Waals surface area contributed by atoms with Gasteiger partial charge >= 0.3 is 0 Å². The molecule has 1 aliphatic rings. The molecule has 0 saturated carbocycles. The SMILES string of the molecule is N#Cc1ccc(N2CCC(C(=O)NNC(=O)c3ccccn3)CC2)nc1. The zero-order valence-corrected chi connectivity index (χ0v) is 14.1. The highest BCUT2D eigenvalue weighted by molar-refractivity contribution is 5.93. The molecule has 8 nitrogen and oxygen atoms in total. The fourth-order valence-electron chi connectivity index (χ4n) is 2.79. The van der Waals surface area contributed by atoms with E-state index in [9.17, 15) is 9.59 Å². The second kappa shape index (κ2) is 8.07. The number of nitrogens with zero attached hydrogens (tertiary/aromatic N) is 4. The van der Waals surface area contributed by atoms with E-state index in [1.54, 1.807) is 30.5 Å². The number of carbonyl (C=O) groups is 2. The first-order valence-corrected chi connectivity index (χ1v) is 8.29. The average Bonchev–Trinajstić information content (AvgIpc) is 2.72. The molecule has 0 radical (unpaired) electrons. The minimum atomic E-state index is -0.446. The summed E-state index contributed by atoms with van der Waals surface area (Å²) in [6.45, 7) is 1.37. The van der Waals surface area contributed by atoms with Gasteiger partial charge in [-0.05, 0) is 37.1 Å². The Bertz CT molecular complexity index is 808. The number of hydrogen-bond donors (Lipinski definition) is 2. The number of nitrogens with one attached hydrogen (secondary N) is 2. The van der Waals surface area contributed by atoms with Gasteiger partial charge < -0.3 is 4.90 Å². The number of rotatable bonds is 3. The van der Waals surface area contributed by atoms with E-state index in [-0.39, 0.29) is 17.5 Å².